The zero-order valence-electron chi connectivity index (χ0n) is 11.0. The molecule has 0 atom stereocenters. The van der Waals surface area contributed by atoms with Crippen molar-refractivity contribution in [3.05, 3.63) is 29.3 Å². The molecule has 94 valence electrons. The van der Waals surface area contributed by atoms with Crippen LogP contribution in [0.25, 0.3) is 0 Å². The topological polar surface area (TPSA) is 52.8 Å². The summed E-state index contributed by atoms with van der Waals surface area (Å²) in [6, 6.07) is 5.68. The van der Waals surface area contributed by atoms with E-state index in [1.807, 2.05) is 12.1 Å². The smallest absolute Gasteiger partial charge is 0.119 e. The summed E-state index contributed by atoms with van der Waals surface area (Å²) in [7, 11) is 0. The van der Waals surface area contributed by atoms with E-state index in [9.17, 15) is 5.11 Å². The molecule has 0 aliphatic carbocycles. The number of hydrogen-bond acceptors (Lipinski definition) is 3. The van der Waals surface area contributed by atoms with Crippen LogP contribution in [0.3, 0.4) is 0 Å². The van der Waals surface area contributed by atoms with Crippen molar-refractivity contribution in [1.82, 2.24) is 0 Å². The van der Waals surface area contributed by atoms with E-state index >= 15 is 0 Å². The fourth-order valence-electron chi connectivity index (χ4n) is 1.71. The van der Waals surface area contributed by atoms with E-state index in [-0.39, 0.29) is 5.41 Å². The van der Waals surface area contributed by atoms with Crippen molar-refractivity contribution < 1.29 is 10.3 Å². The highest BCUT2D eigenvalue weighted by Gasteiger charge is 2.18. The molecule has 0 aliphatic rings. The molecule has 0 aliphatic heterocycles. The van der Waals surface area contributed by atoms with E-state index < -0.39 is 0 Å². The predicted octanol–water partition coefficient (Wildman–Crippen LogP) is 3.47. The van der Waals surface area contributed by atoms with Crippen molar-refractivity contribution in [3.8, 4) is 5.75 Å². The molecule has 1 aromatic carbocycles. The van der Waals surface area contributed by atoms with E-state index in [0.29, 0.717) is 5.75 Å². The molecule has 3 nitrogen and oxygen atoms in total. The number of rotatable bonds is 3. The average Bonchev–Trinajstić information content (AvgIpc) is 2.26. The van der Waals surface area contributed by atoms with Crippen LogP contribution >= 0.6 is 0 Å². The zero-order chi connectivity index (χ0) is 13.1. The summed E-state index contributed by atoms with van der Waals surface area (Å²) in [4.78, 5) is 0. The maximum atomic E-state index is 9.83. The summed E-state index contributed by atoms with van der Waals surface area (Å²) in [5.41, 5.74) is 2.75. The summed E-state index contributed by atoms with van der Waals surface area (Å²) < 4.78 is 0. The molecule has 0 radical (unpaired) electrons. The van der Waals surface area contributed by atoms with Gasteiger partial charge in [-0.15, -0.1) is 0 Å². The van der Waals surface area contributed by atoms with Gasteiger partial charge < -0.3 is 10.3 Å². The van der Waals surface area contributed by atoms with E-state index in [4.69, 9.17) is 5.21 Å². The third kappa shape index (κ3) is 3.77. The van der Waals surface area contributed by atoms with Gasteiger partial charge in [0.15, 0.2) is 0 Å². The summed E-state index contributed by atoms with van der Waals surface area (Å²) >= 11 is 0. The zero-order valence-corrected chi connectivity index (χ0v) is 11.0. The molecule has 0 aromatic heterocycles. The number of benzene rings is 1. The van der Waals surface area contributed by atoms with Gasteiger partial charge in [0.1, 0.15) is 5.75 Å². The van der Waals surface area contributed by atoms with Crippen molar-refractivity contribution >= 4 is 5.71 Å². The Balaban J connectivity index is 2.90. The highest BCUT2D eigenvalue weighted by atomic mass is 16.4. The Kier molecular flexibility index (Phi) is 4.16. The Morgan fingerprint density at radius 1 is 1.29 bits per heavy atom. The molecule has 0 bridgehead atoms. The maximum Gasteiger partial charge on any atom is 0.119 e. The van der Waals surface area contributed by atoms with E-state index in [2.05, 4.69) is 25.9 Å². The van der Waals surface area contributed by atoms with Crippen molar-refractivity contribution in [2.24, 2.45) is 5.16 Å². The minimum Gasteiger partial charge on any atom is -0.508 e. The molecule has 0 spiro atoms. The molecule has 0 amide bonds. The van der Waals surface area contributed by atoms with Gasteiger partial charge in [-0.3, -0.25) is 0 Å². The Morgan fingerprint density at radius 2 is 1.94 bits per heavy atom. The Labute approximate surface area is 103 Å². The normalized spacial score (nSPS) is 12.8. The van der Waals surface area contributed by atoms with Gasteiger partial charge in [-0.05, 0) is 42.4 Å². The lowest BCUT2D eigenvalue weighted by Gasteiger charge is -2.21. The van der Waals surface area contributed by atoms with Crippen LogP contribution in [0.2, 0.25) is 0 Å². The minimum atomic E-state index is -0.0692. The van der Waals surface area contributed by atoms with Crippen LogP contribution < -0.4 is 0 Å². The molecule has 2 N–H and O–H groups in total. The van der Waals surface area contributed by atoms with Crippen LogP contribution in [0.4, 0.5) is 0 Å². The first-order chi connectivity index (χ1) is 7.84. The first-order valence-corrected chi connectivity index (χ1v) is 5.84. The number of aryl methyl sites for hydroxylation is 1. The SMILES string of the molecule is C/C(CCc1ccc(O)c(C(C)(C)C)c1)=N\O. The van der Waals surface area contributed by atoms with Crippen molar-refractivity contribution in [2.45, 2.75) is 46.0 Å². The lowest BCUT2D eigenvalue weighted by Crippen LogP contribution is -2.12. The van der Waals surface area contributed by atoms with Gasteiger partial charge in [0.05, 0.1) is 5.71 Å². The molecule has 17 heavy (non-hydrogen) atoms. The van der Waals surface area contributed by atoms with E-state index in [1.54, 1.807) is 13.0 Å². The molecular weight excluding hydrogens is 214 g/mol. The van der Waals surface area contributed by atoms with Gasteiger partial charge in [0.2, 0.25) is 0 Å². The van der Waals surface area contributed by atoms with Crippen LogP contribution in [-0.2, 0) is 11.8 Å². The number of oxime groups is 1. The van der Waals surface area contributed by atoms with Gasteiger partial charge in [-0.25, -0.2) is 0 Å². The molecule has 1 aromatic rings. The Morgan fingerprint density at radius 3 is 2.47 bits per heavy atom. The highest BCUT2D eigenvalue weighted by molar-refractivity contribution is 5.81. The molecular formula is C14H21NO2. The summed E-state index contributed by atoms with van der Waals surface area (Å²) in [6.45, 7) is 8.02. The third-order valence-electron chi connectivity index (χ3n) is 2.82. The first-order valence-electron chi connectivity index (χ1n) is 5.84. The Bertz CT molecular complexity index is 417. The summed E-state index contributed by atoms with van der Waals surface area (Å²) in [6.07, 6.45) is 1.55. The minimum absolute atomic E-state index is 0.0692. The monoisotopic (exact) mass is 235 g/mol. The second kappa shape index (κ2) is 5.21. The van der Waals surface area contributed by atoms with Gasteiger partial charge in [0.25, 0.3) is 0 Å². The van der Waals surface area contributed by atoms with E-state index in [1.165, 1.54) is 0 Å². The van der Waals surface area contributed by atoms with Crippen LogP contribution in [0.15, 0.2) is 23.4 Å². The summed E-state index contributed by atoms with van der Waals surface area (Å²) in [5.74, 6) is 0.341. The number of aromatic hydroxyl groups is 1. The molecule has 0 heterocycles. The van der Waals surface area contributed by atoms with Gasteiger partial charge in [0, 0.05) is 0 Å². The van der Waals surface area contributed by atoms with Gasteiger partial charge in [-0.2, -0.15) is 0 Å². The number of phenols is 1. The number of phenolic OH excluding ortho intramolecular Hbond substituents is 1. The molecule has 0 saturated heterocycles. The maximum absolute atomic E-state index is 9.83. The predicted molar refractivity (Wildman–Crippen MR) is 70.0 cm³/mol. The fourth-order valence-corrected chi connectivity index (χ4v) is 1.71. The standard InChI is InChI=1S/C14H21NO2/c1-10(15-17)5-6-11-7-8-13(16)12(9-11)14(2,3)4/h7-9,16-17H,5-6H2,1-4H3/b15-10+. The lowest BCUT2D eigenvalue weighted by atomic mass is 9.85. The lowest BCUT2D eigenvalue weighted by molar-refractivity contribution is 0.317. The second-order valence-corrected chi connectivity index (χ2v) is 5.44. The summed E-state index contributed by atoms with van der Waals surface area (Å²) in [5, 5.41) is 21.6. The van der Waals surface area contributed by atoms with Crippen LogP contribution in [0, 0.1) is 0 Å². The number of nitrogens with zero attached hydrogens (tertiary/aromatic N) is 1. The van der Waals surface area contributed by atoms with Gasteiger partial charge >= 0.3 is 0 Å². The van der Waals surface area contributed by atoms with E-state index in [0.717, 1.165) is 29.7 Å². The van der Waals surface area contributed by atoms with Gasteiger partial charge in [-0.1, -0.05) is 38.1 Å². The van der Waals surface area contributed by atoms with Crippen molar-refractivity contribution in [1.29, 1.82) is 0 Å². The Hall–Kier alpha value is -1.51. The number of hydrogen-bond donors (Lipinski definition) is 2. The van der Waals surface area contributed by atoms with Crippen molar-refractivity contribution in [2.75, 3.05) is 0 Å². The largest absolute Gasteiger partial charge is 0.508 e. The third-order valence-corrected chi connectivity index (χ3v) is 2.82. The second-order valence-electron chi connectivity index (χ2n) is 5.44. The molecule has 3 heteroatoms. The quantitative estimate of drug-likeness (QED) is 0.479. The molecule has 0 saturated carbocycles. The van der Waals surface area contributed by atoms with Crippen molar-refractivity contribution in [3.63, 3.8) is 0 Å². The van der Waals surface area contributed by atoms with Crippen LogP contribution in [0.1, 0.15) is 45.2 Å². The average molecular weight is 235 g/mol. The first kappa shape index (κ1) is 13.6. The van der Waals surface area contributed by atoms with Crippen LogP contribution in [-0.4, -0.2) is 16.0 Å². The highest BCUT2D eigenvalue weighted by Crippen LogP contribution is 2.31. The van der Waals surface area contributed by atoms with Crippen LogP contribution in [0.5, 0.6) is 5.75 Å². The molecule has 1 rings (SSSR count). The molecule has 0 unspecified atom stereocenters. The molecule has 0 fully saturated rings. The fraction of sp³-hybridized carbons (Fsp3) is 0.500.